The Hall–Kier alpha value is -1.98. The predicted molar refractivity (Wildman–Crippen MR) is 59.8 cm³/mol. The Bertz CT molecular complexity index is 548. The summed E-state index contributed by atoms with van der Waals surface area (Å²) in [6.07, 6.45) is 0. The molecule has 1 aromatic heterocycles. The molecule has 0 aliphatic carbocycles. The lowest BCUT2D eigenvalue weighted by atomic mass is 10.1. The first kappa shape index (κ1) is 11.5. The summed E-state index contributed by atoms with van der Waals surface area (Å²) in [5.74, 6) is -1.44. The molecule has 2 N–H and O–H groups in total. The molecular formula is C11H12F2N4. The van der Waals surface area contributed by atoms with E-state index in [9.17, 15) is 8.78 Å². The van der Waals surface area contributed by atoms with E-state index in [1.807, 2.05) is 13.8 Å². The summed E-state index contributed by atoms with van der Waals surface area (Å²) < 4.78 is 27.4. The van der Waals surface area contributed by atoms with Crippen molar-refractivity contribution >= 4 is 5.82 Å². The van der Waals surface area contributed by atoms with Crippen molar-refractivity contribution in [3.05, 3.63) is 35.5 Å². The van der Waals surface area contributed by atoms with Crippen molar-refractivity contribution in [3.63, 3.8) is 0 Å². The van der Waals surface area contributed by atoms with Crippen molar-refractivity contribution in [3.8, 4) is 5.69 Å². The van der Waals surface area contributed by atoms with Crippen LogP contribution in [0.3, 0.4) is 0 Å². The number of benzene rings is 1. The molecule has 0 aliphatic rings. The van der Waals surface area contributed by atoms with Crippen LogP contribution in [0.2, 0.25) is 0 Å². The molecule has 0 saturated carbocycles. The first-order valence-electron chi connectivity index (χ1n) is 5.17. The zero-order chi connectivity index (χ0) is 12.6. The number of halogens is 2. The van der Waals surface area contributed by atoms with E-state index < -0.39 is 11.6 Å². The minimum absolute atomic E-state index is 0.0816. The van der Waals surface area contributed by atoms with E-state index >= 15 is 0 Å². The van der Waals surface area contributed by atoms with Gasteiger partial charge in [0, 0.05) is 6.07 Å². The van der Waals surface area contributed by atoms with Crippen molar-refractivity contribution in [1.29, 1.82) is 0 Å². The van der Waals surface area contributed by atoms with Crippen molar-refractivity contribution in [2.24, 2.45) is 0 Å². The molecule has 2 aromatic rings. The van der Waals surface area contributed by atoms with E-state index in [2.05, 4.69) is 10.3 Å². The second kappa shape index (κ2) is 4.12. The molecule has 0 aliphatic heterocycles. The number of nitrogen functional groups attached to an aromatic ring is 1. The molecule has 17 heavy (non-hydrogen) atoms. The van der Waals surface area contributed by atoms with E-state index in [0.29, 0.717) is 17.2 Å². The van der Waals surface area contributed by atoms with Crippen molar-refractivity contribution < 1.29 is 8.78 Å². The molecule has 2 rings (SSSR count). The van der Waals surface area contributed by atoms with Gasteiger partial charge in [0.15, 0.2) is 17.5 Å². The summed E-state index contributed by atoms with van der Waals surface area (Å²) in [5, 5.41) is 7.57. The van der Waals surface area contributed by atoms with Gasteiger partial charge < -0.3 is 5.73 Å². The van der Waals surface area contributed by atoms with Crippen LogP contribution in [0.1, 0.15) is 25.5 Å². The molecule has 0 fully saturated rings. The van der Waals surface area contributed by atoms with Gasteiger partial charge in [-0.25, -0.2) is 13.5 Å². The third-order valence-electron chi connectivity index (χ3n) is 2.43. The Balaban J connectivity index is 2.56. The van der Waals surface area contributed by atoms with Gasteiger partial charge in [0.1, 0.15) is 0 Å². The molecule has 1 aromatic carbocycles. The number of nitrogens with zero attached hydrogens (tertiary/aromatic N) is 3. The average molecular weight is 238 g/mol. The number of anilines is 1. The first-order valence-corrected chi connectivity index (χ1v) is 5.17. The van der Waals surface area contributed by atoms with Gasteiger partial charge >= 0.3 is 0 Å². The SMILES string of the molecule is CC(C)c1c(N)nnn1-c1ccc(F)c(F)c1. The molecule has 0 bridgehead atoms. The summed E-state index contributed by atoms with van der Waals surface area (Å²) in [5.41, 5.74) is 6.76. The van der Waals surface area contributed by atoms with Crippen LogP contribution >= 0.6 is 0 Å². The van der Waals surface area contributed by atoms with E-state index in [0.717, 1.165) is 12.1 Å². The van der Waals surface area contributed by atoms with Crippen LogP contribution in [0.4, 0.5) is 14.6 Å². The zero-order valence-electron chi connectivity index (χ0n) is 9.48. The van der Waals surface area contributed by atoms with E-state index in [4.69, 9.17) is 5.73 Å². The van der Waals surface area contributed by atoms with E-state index in [1.54, 1.807) is 0 Å². The van der Waals surface area contributed by atoms with Gasteiger partial charge in [-0.15, -0.1) is 5.10 Å². The van der Waals surface area contributed by atoms with Crippen LogP contribution in [0.5, 0.6) is 0 Å². The lowest BCUT2D eigenvalue weighted by Crippen LogP contribution is -2.06. The minimum Gasteiger partial charge on any atom is -0.381 e. The molecular weight excluding hydrogens is 226 g/mol. The second-order valence-electron chi connectivity index (χ2n) is 4.02. The smallest absolute Gasteiger partial charge is 0.169 e. The van der Waals surface area contributed by atoms with Crippen LogP contribution in [0.25, 0.3) is 5.69 Å². The lowest BCUT2D eigenvalue weighted by Gasteiger charge is -2.09. The third kappa shape index (κ3) is 1.98. The maximum absolute atomic E-state index is 13.1. The Morgan fingerprint density at radius 3 is 2.53 bits per heavy atom. The van der Waals surface area contributed by atoms with Crippen LogP contribution in [0.15, 0.2) is 18.2 Å². The van der Waals surface area contributed by atoms with Gasteiger partial charge in [0.05, 0.1) is 11.4 Å². The molecule has 0 amide bonds. The summed E-state index contributed by atoms with van der Waals surface area (Å²) in [4.78, 5) is 0. The Kier molecular flexibility index (Phi) is 2.79. The summed E-state index contributed by atoms with van der Waals surface area (Å²) in [7, 11) is 0. The molecule has 0 saturated heterocycles. The van der Waals surface area contributed by atoms with Crippen molar-refractivity contribution in [2.45, 2.75) is 19.8 Å². The predicted octanol–water partition coefficient (Wildman–Crippen LogP) is 2.25. The fraction of sp³-hybridized carbons (Fsp3) is 0.273. The highest BCUT2D eigenvalue weighted by atomic mass is 19.2. The van der Waals surface area contributed by atoms with Crippen molar-refractivity contribution in [2.75, 3.05) is 5.73 Å². The fourth-order valence-corrected chi connectivity index (χ4v) is 1.65. The maximum Gasteiger partial charge on any atom is 0.169 e. The van der Waals surface area contributed by atoms with Gasteiger partial charge in [-0.3, -0.25) is 0 Å². The number of hydrogen-bond donors (Lipinski definition) is 1. The van der Waals surface area contributed by atoms with Gasteiger partial charge in [-0.2, -0.15) is 0 Å². The molecule has 4 nitrogen and oxygen atoms in total. The monoisotopic (exact) mass is 238 g/mol. The molecule has 0 spiro atoms. The summed E-state index contributed by atoms with van der Waals surface area (Å²) in [6, 6.07) is 3.54. The van der Waals surface area contributed by atoms with Crippen LogP contribution in [-0.4, -0.2) is 15.0 Å². The number of nitrogens with two attached hydrogens (primary N) is 1. The number of hydrogen-bond acceptors (Lipinski definition) is 3. The van der Waals surface area contributed by atoms with Crippen molar-refractivity contribution in [1.82, 2.24) is 15.0 Å². The summed E-state index contributed by atoms with van der Waals surface area (Å²) >= 11 is 0. The standard InChI is InChI=1S/C11H12F2N4/c1-6(2)10-11(14)15-16-17(10)7-3-4-8(12)9(13)5-7/h3-6H,14H2,1-2H3. The van der Waals surface area contributed by atoms with Crippen LogP contribution in [-0.2, 0) is 0 Å². The van der Waals surface area contributed by atoms with Crippen LogP contribution in [0, 0.1) is 11.6 Å². The first-order chi connectivity index (χ1) is 8.00. The maximum atomic E-state index is 13.1. The van der Waals surface area contributed by atoms with E-state index in [-0.39, 0.29) is 5.92 Å². The van der Waals surface area contributed by atoms with Gasteiger partial charge in [0.25, 0.3) is 0 Å². The molecule has 0 unspecified atom stereocenters. The number of aromatic nitrogens is 3. The minimum atomic E-state index is -0.925. The average Bonchev–Trinajstić information content (AvgIpc) is 2.64. The fourth-order valence-electron chi connectivity index (χ4n) is 1.65. The van der Waals surface area contributed by atoms with Gasteiger partial charge in [0.2, 0.25) is 0 Å². The largest absolute Gasteiger partial charge is 0.381 e. The van der Waals surface area contributed by atoms with Gasteiger partial charge in [-0.1, -0.05) is 19.1 Å². The summed E-state index contributed by atoms with van der Waals surface area (Å²) in [6.45, 7) is 3.84. The Labute approximate surface area is 97.0 Å². The molecule has 90 valence electrons. The number of rotatable bonds is 2. The molecule has 0 radical (unpaired) electrons. The second-order valence-corrected chi connectivity index (χ2v) is 4.02. The highest BCUT2D eigenvalue weighted by molar-refractivity contribution is 5.42. The Morgan fingerprint density at radius 2 is 1.94 bits per heavy atom. The lowest BCUT2D eigenvalue weighted by molar-refractivity contribution is 0.507. The molecule has 1 heterocycles. The molecule has 6 heteroatoms. The zero-order valence-corrected chi connectivity index (χ0v) is 9.48. The molecule has 0 atom stereocenters. The van der Waals surface area contributed by atoms with E-state index in [1.165, 1.54) is 10.7 Å². The van der Waals surface area contributed by atoms with Crippen LogP contribution < -0.4 is 5.73 Å². The normalized spacial score (nSPS) is 11.1. The quantitative estimate of drug-likeness (QED) is 0.873. The highest BCUT2D eigenvalue weighted by Crippen LogP contribution is 2.23. The third-order valence-corrected chi connectivity index (χ3v) is 2.43. The van der Waals surface area contributed by atoms with Gasteiger partial charge in [-0.05, 0) is 18.1 Å². The highest BCUT2D eigenvalue weighted by Gasteiger charge is 2.16. The Morgan fingerprint density at radius 1 is 1.24 bits per heavy atom. The topological polar surface area (TPSA) is 56.7 Å².